The Morgan fingerprint density at radius 2 is 1.39 bits per heavy atom. The van der Waals surface area contributed by atoms with Gasteiger partial charge in [0, 0.05) is 39.3 Å². The molecule has 4 rings (SSSR count). The molecule has 0 atom stereocenters. The molecular formula is C21H27N3O7S2. The summed E-state index contributed by atoms with van der Waals surface area (Å²) in [5, 5.41) is -0.242. The van der Waals surface area contributed by atoms with Gasteiger partial charge in [-0.2, -0.15) is 8.61 Å². The first kappa shape index (κ1) is 23.7. The van der Waals surface area contributed by atoms with Crippen LogP contribution in [0.3, 0.4) is 0 Å². The van der Waals surface area contributed by atoms with E-state index in [4.69, 9.17) is 9.15 Å². The van der Waals surface area contributed by atoms with Crippen LogP contribution in [0.25, 0.3) is 0 Å². The number of piperazine rings is 1. The molecule has 0 radical (unpaired) electrons. The standard InChI is InChI=1S/C21H27N3O7S2/c1-30-17-5-7-18(8-6-17)32(26,27)24-15-13-22(14-16-24)21(25)19-9-10-20(31-19)33(28,29)23-11-3-2-4-12-23/h5-10H,2-4,11-16H2,1H3. The van der Waals surface area contributed by atoms with Crippen molar-refractivity contribution in [2.45, 2.75) is 29.3 Å². The number of carbonyl (C=O) groups excluding carboxylic acids is 1. The van der Waals surface area contributed by atoms with Gasteiger partial charge in [0.05, 0.1) is 12.0 Å². The molecule has 1 aromatic carbocycles. The molecule has 2 aliphatic heterocycles. The summed E-state index contributed by atoms with van der Waals surface area (Å²) in [6.07, 6.45) is 2.60. The van der Waals surface area contributed by atoms with E-state index in [0.717, 1.165) is 19.3 Å². The number of methoxy groups -OCH3 is 1. The van der Waals surface area contributed by atoms with Crippen molar-refractivity contribution >= 4 is 26.0 Å². The van der Waals surface area contributed by atoms with Gasteiger partial charge >= 0.3 is 0 Å². The van der Waals surface area contributed by atoms with Crippen molar-refractivity contribution in [3.8, 4) is 5.75 Å². The van der Waals surface area contributed by atoms with Gasteiger partial charge in [-0.1, -0.05) is 6.42 Å². The first-order chi connectivity index (χ1) is 15.7. The summed E-state index contributed by atoms with van der Waals surface area (Å²) in [5.41, 5.74) is 0. The number of hydrogen-bond acceptors (Lipinski definition) is 7. The van der Waals surface area contributed by atoms with Crippen LogP contribution in [0.15, 0.2) is 50.8 Å². The van der Waals surface area contributed by atoms with Crippen molar-refractivity contribution in [2.24, 2.45) is 0 Å². The fraction of sp³-hybridized carbons (Fsp3) is 0.476. The molecule has 0 saturated carbocycles. The number of benzene rings is 1. The van der Waals surface area contributed by atoms with Crippen LogP contribution in [0.5, 0.6) is 5.75 Å². The smallest absolute Gasteiger partial charge is 0.289 e. The van der Waals surface area contributed by atoms with E-state index in [2.05, 4.69) is 0 Å². The quantitative estimate of drug-likeness (QED) is 0.595. The predicted molar refractivity (Wildman–Crippen MR) is 119 cm³/mol. The van der Waals surface area contributed by atoms with Crippen molar-refractivity contribution in [3.05, 3.63) is 42.2 Å². The number of rotatable bonds is 6. The van der Waals surface area contributed by atoms with Crippen molar-refractivity contribution < 1.29 is 30.8 Å². The highest BCUT2D eigenvalue weighted by Crippen LogP contribution is 2.24. The average Bonchev–Trinajstić information content (AvgIpc) is 3.35. The normalized spacial score (nSPS) is 18.9. The van der Waals surface area contributed by atoms with E-state index in [1.165, 1.54) is 44.9 Å². The second-order valence-electron chi connectivity index (χ2n) is 7.96. The molecule has 2 saturated heterocycles. The minimum atomic E-state index is -3.77. The van der Waals surface area contributed by atoms with Crippen LogP contribution < -0.4 is 4.74 Å². The SMILES string of the molecule is COc1ccc(S(=O)(=O)N2CCN(C(=O)c3ccc(S(=O)(=O)N4CCCCC4)o3)CC2)cc1. The predicted octanol–water partition coefficient (Wildman–Crippen LogP) is 1.61. The van der Waals surface area contributed by atoms with Gasteiger partial charge in [0.1, 0.15) is 5.75 Å². The summed E-state index contributed by atoms with van der Waals surface area (Å²) in [6, 6.07) is 8.80. The maximum atomic E-state index is 12.9. The fourth-order valence-corrected chi connectivity index (χ4v) is 6.84. The average molecular weight is 498 g/mol. The third-order valence-corrected chi connectivity index (χ3v) is 9.61. The number of nitrogens with zero attached hydrogens (tertiary/aromatic N) is 3. The zero-order valence-electron chi connectivity index (χ0n) is 18.3. The molecule has 0 unspecified atom stereocenters. The Hall–Kier alpha value is -2.41. The van der Waals surface area contributed by atoms with Gasteiger partial charge in [0.15, 0.2) is 5.76 Å². The van der Waals surface area contributed by atoms with Gasteiger partial charge in [0.25, 0.3) is 15.9 Å². The van der Waals surface area contributed by atoms with Gasteiger partial charge in [0.2, 0.25) is 15.1 Å². The van der Waals surface area contributed by atoms with Gasteiger partial charge < -0.3 is 14.1 Å². The molecule has 2 fully saturated rings. The van der Waals surface area contributed by atoms with E-state index in [1.807, 2.05) is 0 Å². The van der Waals surface area contributed by atoms with Gasteiger partial charge in [-0.3, -0.25) is 4.79 Å². The van der Waals surface area contributed by atoms with E-state index in [1.54, 1.807) is 12.1 Å². The molecule has 2 aromatic rings. The maximum absolute atomic E-state index is 12.9. The molecule has 3 heterocycles. The Kier molecular flexibility index (Phi) is 6.80. The molecular weight excluding hydrogens is 470 g/mol. The Labute approximate surface area is 193 Å². The summed E-state index contributed by atoms with van der Waals surface area (Å²) >= 11 is 0. The molecule has 0 spiro atoms. The van der Waals surface area contributed by atoms with Crippen molar-refractivity contribution in [2.75, 3.05) is 46.4 Å². The topological polar surface area (TPSA) is 117 Å². The lowest BCUT2D eigenvalue weighted by atomic mass is 10.2. The number of sulfonamides is 2. The van der Waals surface area contributed by atoms with Crippen LogP contribution in [0.1, 0.15) is 29.8 Å². The van der Waals surface area contributed by atoms with E-state index in [-0.39, 0.29) is 41.9 Å². The van der Waals surface area contributed by atoms with Gasteiger partial charge in [-0.05, 0) is 49.2 Å². The van der Waals surface area contributed by atoms with Crippen LogP contribution in [-0.2, 0) is 20.0 Å². The lowest BCUT2D eigenvalue weighted by Crippen LogP contribution is -2.50. The Morgan fingerprint density at radius 3 is 2.00 bits per heavy atom. The minimum Gasteiger partial charge on any atom is -0.497 e. The van der Waals surface area contributed by atoms with Crippen LogP contribution in [0.4, 0.5) is 0 Å². The molecule has 180 valence electrons. The molecule has 0 bridgehead atoms. The number of ether oxygens (including phenoxy) is 1. The maximum Gasteiger partial charge on any atom is 0.289 e. The lowest BCUT2D eigenvalue weighted by Gasteiger charge is -2.33. The molecule has 1 amide bonds. The number of hydrogen-bond donors (Lipinski definition) is 0. The van der Waals surface area contributed by atoms with E-state index < -0.39 is 26.0 Å². The highest BCUT2D eigenvalue weighted by molar-refractivity contribution is 7.89. The van der Waals surface area contributed by atoms with Crippen LogP contribution in [0.2, 0.25) is 0 Å². The third-order valence-electron chi connectivity index (χ3n) is 5.92. The molecule has 0 aliphatic carbocycles. The van der Waals surface area contributed by atoms with E-state index >= 15 is 0 Å². The van der Waals surface area contributed by atoms with E-state index in [9.17, 15) is 21.6 Å². The molecule has 33 heavy (non-hydrogen) atoms. The number of carbonyl (C=O) groups is 1. The molecule has 1 aromatic heterocycles. The fourth-order valence-electron chi connectivity index (χ4n) is 3.99. The lowest BCUT2D eigenvalue weighted by molar-refractivity contribution is 0.0660. The molecule has 0 N–H and O–H groups in total. The number of amides is 1. The molecule has 12 heteroatoms. The zero-order chi connectivity index (χ0) is 23.6. The van der Waals surface area contributed by atoms with Gasteiger partial charge in [-0.15, -0.1) is 0 Å². The van der Waals surface area contributed by atoms with Crippen molar-refractivity contribution in [1.29, 1.82) is 0 Å². The summed E-state index contributed by atoms with van der Waals surface area (Å²) < 4.78 is 64.5. The number of furan rings is 1. The Morgan fingerprint density at radius 1 is 0.788 bits per heavy atom. The second kappa shape index (κ2) is 9.45. The van der Waals surface area contributed by atoms with Crippen molar-refractivity contribution in [1.82, 2.24) is 13.5 Å². The monoisotopic (exact) mass is 497 g/mol. The highest BCUT2D eigenvalue weighted by atomic mass is 32.2. The van der Waals surface area contributed by atoms with Crippen molar-refractivity contribution in [3.63, 3.8) is 0 Å². The summed E-state index contributed by atoms with van der Waals surface area (Å²) in [7, 11) is -5.96. The summed E-state index contributed by atoms with van der Waals surface area (Å²) in [6.45, 7) is 1.47. The van der Waals surface area contributed by atoms with E-state index in [0.29, 0.717) is 18.8 Å². The first-order valence-electron chi connectivity index (χ1n) is 10.8. The van der Waals surface area contributed by atoms with Crippen LogP contribution in [0, 0.1) is 0 Å². The zero-order valence-corrected chi connectivity index (χ0v) is 20.0. The third kappa shape index (κ3) is 4.79. The number of piperidine rings is 1. The van der Waals surface area contributed by atoms with Crippen LogP contribution in [-0.4, -0.2) is 82.6 Å². The Balaban J connectivity index is 1.40. The molecule has 10 nitrogen and oxygen atoms in total. The Bertz CT molecular complexity index is 1190. The van der Waals surface area contributed by atoms with Crippen LogP contribution >= 0.6 is 0 Å². The summed E-state index contributed by atoms with van der Waals surface area (Å²) in [5.74, 6) is 0.0260. The minimum absolute atomic E-state index is 0.0722. The molecule has 2 aliphatic rings. The highest BCUT2D eigenvalue weighted by Gasteiger charge is 2.33. The largest absolute Gasteiger partial charge is 0.497 e. The first-order valence-corrected chi connectivity index (χ1v) is 13.6. The van der Waals surface area contributed by atoms with Gasteiger partial charge in [-0.25, -0.2) is 16.8 Å². The second-order valence-corrected chi connectivity index (χ2v) is 11.8. The summed E-state index contributed by atoms with van der Waals surface area (Å²) in [4.78, 5) is 14.5.